The molecule has 2 rings (SSSR count). The number of nitrogens with zero attached hydrogens (tertiary/aromatic N) is 2. The summed E-state index contributed by atoms with van der Waals surface area (Å²) in [4.78, 5) is 23.8. The summed E-state index contributed by atoms with van der Waals surface area (Å²) in [7, 11) is 3.24. The molecule has 2 atom stereocenters. The van der Waals surface area contributed by atoms with Gasteiger partial charge < -0.3 is 5.32 Å². The van der Waals surface area contributed by atoms with Gasteiger partial charge in [0.2, 0.25) is 0 Å². The summed E-state index contributed by atoms with van der Waals surface area (Å²) in [5, 5.41) is 3.60. The van der Waals surface area contributed by atoms with Gasteiger partial charge in [-0.25, -0.2) is 4.79 Å². The Hall–Kier alpha value is -1.36. The van der Waals surface area contributed by atoms with Crippen molar-refractivity contribution in [3.63, 3.8) is 0 Å². The first-order valence-electron chi connectivity index (χ1n) is 8.21. The Balaban J connectivity index is 2.15. The molecule has 0 amide bonds. The second-order valence-electron chi connectivity index (χ2n) is 7.62. The van der Waals surface area contributed by atoms with Crippen LogP contribution in [0.25, 0.3) is 0 Å². The van der Waals surface area contributed by atoms with Gasteiger partial charge in [-0.1, -0.05) is 33.6 Å². The lowest BCUT2D eigenvalue weighted by molar-refractivity contribution is 0.129. The van der Waals surface area contributed by atoms with Crippen molar-refractivity contribution in [1.29, 1.82) is 0 Å². The lowest BCUT2D eigenvalue weighted by atomic mass is 9.69. The standard InChI is InChI=1S/C17H29N3O2/c1-17(2,3)13-8-6-7-9-14(13)18-11-12-10-15(21)20(5)16(22)19(12)4/h10,13-14,18H,6-9,11H2,1-5H3/t13-,14+/m1/s1. The smallest absolute Gasteiger partial charge is 0.308 e. The average Bonchev–Trinajstić information content (AvgIpc) is 2.47. The van der Waals surface area contributed by atoms with Crippen molar-refractivity contribution < 1.29 is 0 Å². The molecule has 1 aliphatic rings. The van der Waals surface area contributed by atoms with Gasteiger partial charge >= 0.3 is 5.69 Å². The molecule has 0 bridgehead atoms. The zero-order valence-electron chi connectivity index (χ0n) is 14.5. The zero-order valence-corrected chi connectivity index (χ0v) is 14.5. The Morgan fingerprint density at radius 1 is 1.14 bits per heavy atom. The first-order chi connectivity index (χ1) is 10.2. The third kappa shape index (κ3) is 3.51. The van der Waals surface area contributed by atoms with Gasteiger partial charge in [0.25, 0.3) is 5.56 Å². The van der Waals surface area contributed by atoms with E-state index in [-0.39, 0.29) is 16.7 Å². The lowest BCUT2D eigenvalue weighted by Crippen LogP contribution is -2.45. The maximum atomic E-state index is 12.0. The molecule has 1 aromatic heterocycles. The minimum Gasteiger partial charge on any atom is -0.308 e. The van der Waals surface area contributed by atoms with Gasteiger partial charge in [0.05, 0.1) is 0 Å². The Morgan fingerprint density at radius 2 is 1.77 bits per heavy atom. The topological polar surface area (TPSA) is 56.0 Å². The van der Waals surface area contributed by atoms with Crippen LogP contribution in [-0.2, 0) is 20.6 Å². The zero-order chi connectivity index (χ0) is 16.5. The van der Waals surface area contributed by atoms with Crippen molar-refractivity contribution in [2.45, 2.75) is 59.0 Å². The fourth-order valence-corrected chi connectivity index (χ4v) is 3.60. The molecule has 0 saturated heterocycles. The second-order valence-corrected chi connectivity index (χ2v) is 7.62. The highest BCUT2D eigenvalue weighted by atomic mass is 16.2. The van der Waals surface area contributed by atoms with Crippen LogP contribution < -0.4 is 16.6 Å². The molecule has 0 aromatic carbocycles. The maximum absolute atomic E-state index is 12.0. The highest BCUT2D eigenvalue weighted by Crippen LogP contribution is 2.38. The Kier molecular flexibility index (Phi) is 4.95. The molecular weight excluding hydrogens is 278 g/mol. The van der Waals surface area contributed by atoms with E-state index >= 15 is 0 Å². The van der Waals surface area contributed by atoms with Crippen LogP contribution in [0.15, 0.2) is 15.7 Å². The summed E-state index contributed by atoms with van der Waals surface area (Å²) < 4.78 is 2.70. The van der Waals surface area contributed by atoms with Gasteiger partial charge in [0, 0.05) is 38.4 Å². The summed E-state index contributed by atoms with van der Waals surface area (Å²) in [5.74, 6) is 0.629. The quantitative estimate of drug-likeness (QED) is 0.926. The van der Waals surface area contributed by atoms with Crippen LogP contribution in [0.2, 0.25) is 0 Å². The molecular formula is C17H29N3O2. The lowest BCUT2D eigenvalue weighted by Gasteiger charge is -2.41. The fraction of sp³-hybridized carbons (Fsp3) is 0.765. The number of aromatic nitrogens is 2. The molecule has 1 aliphatic carbocycles. The molecule has 0 radical (unpaired) electrons. The highest BCUT2D eigenvalue weighted by molar-refractivity contribution is 5.02. The third-order valence-corrected chi connectivity index (χ3v) is 5.05. The predicted molar refractivity (Wildman–Crippen MR) is 89.0 cm³/mol. The van der Waals surface area contributed by atoms with Crippen molar-refractivity contribution in [2.75, 3.05) is 0 Å². The summed E-state index contributed by atoms with van der Waals surface area (Å²) >= 11 is 0. The van der Waals surface area contributed by atoms with Gasteiger partial charge in [-0.05, 0) is 24.2 Å². The molecule has 5 nitrogen and oxygen atoms in total. The van der Waals surface area contributed by atoms with E-state index in [0.717, 1.165) is 10.3 Å². The number of hydrogen-bond acceptors (Lipinski definition) is 3. The molecule has 1 heterocycles. The normalized spacial score (nSPS) is 22.8. The monoisotopic (exact) mass is 307 g/mol. The van der Waals surface area contributed by atoms with E-state index in [9.17, 15) is 9.59 Å². The Morgan fingerprint density at radius 3 is 2.41 bits per heavy atom. The SMILES string of the molecule is Cn1c(CN[C@H]2CCCC[C@H]2C(C)(C)C)cc(=O)n(C)c1=O. The van der Waals surface area contributed by atoms with E-state index < -0.39 is 0 Å². The molecule has 5 heteroatoms. The maximum Gasteiger partial charge on any atom is 0.330 e. The van der Waals surface area contributed by atoms with E-state index in [4.69, 9.17) is 0 Å². The average molecular weight is 307 g/mol. The molecule has 0 aliphatic heterocycles. The van der Waals surface area contributed by atoms with Crippen LogP contribution in [0.3, 0.4) is 0 Å². The summed E-state index contributed by atoms with van der Waals surface area (Å²) in [6.45, 7) is 7.46. The molecule has 124 valence electrons. The summed E-state index contributed by atoms with van der Waals surface area (Å²) in [6, 6.07) is 2.01. The first kappa shape index (κ1) is 17.0. The molecule has 0 spiro atoms. The van der Waals surface area contributed by atoms with Crippen LogP contribution in [0.4, 0.5) is 0 Å². The van der Waals surface area contributed by atoms with Crippen molar-refractivity contribution in [3.8, 4) is 0 Å². The second kappa shape index (κ2) is 6.41. The summed E-state index contributed by atoms with van der Waals surface area (Å²) in [5.41, 5.74) is 0.527. The van der Waals surface area contributed by atoms with Gasteiger partial charge in [-0.3, -0.25) is 13.9 Å². The molecule has 22 heavy (non-hydrogen) atoms. The third-order valence-electron chi connectivity index (χ3n) is 5.05. The highest BCUT2D eigenvalue weighted by Gasteiger charge is 2.33. The van der Waals surface area contributed by atoms with Crippen LogP contribution in [0, 0.1) is 11.3 Å². The van der Waals surface area contributed by atoms with E-state index in [1.165, 1.54) is 32.7 Å². The summed E-state index contributed by atoms with van der Waals surface area (Å²) in [6.07, 6.45) is 4.96. The Bertz CT molecular complexity index is 637. The van der Waals surface area contributed by atoms with Crippen LogP contribution >= 0.6 is 0 Å². The van der Waals surface area contributed by atoms with E-state index in [0.29, 0.717) is 18.5 Å². The van der Waals surface area contributed by atoms with Crippen LogP contribution in [0.5, 0.6) is 0 Å². The number of hydrogen-bond donors (Lipinski definition) is 1. The van der Waals surface area contributed by atoms with E-state index in [1.807, 2.05) is 0 Å². The van der Waals surface area contributed by atoms with Crippen molar-refractivity contribution in [2.24, 2.45) is 25.4 Å². The van der Waals surface area contributed by atoms with E-state index in [1.54, 1.807) is 17.7 Å². The molecule has 1 aromatic rings. The largest absolute Gasteiger partial charge is 0.330 e. The molecule has 1 fully saturated rings. The minimum atomic E-state index is -0.264. The van der Waals surface area contributed by atoms with E-state index in [2.05, 4.69) is 26.1 Å². The van der Waals surface area contributed by atoms with Crippen LogP contribution in [0.1, 0.15) is 52.1 Å². The Labute approximate surface area is 132 Å². The number of rotatable bonds is 3. The molecule has 0 unspecified atom stereocenters. The van der Waals surface area contributed by atoms with Gasteiger partial charge in [-0.2, -0.15) is 0 Å². The van der Waals surface area contributed by atoms with Crippen molar-refractivity contribution >= 4 is 0 Å². The first-order valence-corrected chi connectivity index (χ1v) is 8.21. The van der Waals surface area contributed by atoms with Gasteiger partial charge in [0.15, 0.2) is 0 Å². The van der Waals surface area contributed by atoms with Crippen molar-refractivity contribution in [1.82, 2.24) is 14.5 Å². The van der Waals surface area contributed by atoms with Crippen LogP contribution in [-0.4, -0.2) is 15.2 Å². The fourth-order valence-electron chi connectivity index (χ4n) is 3.60. The predicted octanol–water partition coefficient (Wildman–Crippen LogP) is 1.78. The van der Waals surface area contributed by atoms with Gasteiger partial charge in [0.1, 0.15) is 0 Å². The van der Waals surface area contributed by atoms with Gasteiger partial charge in [-0.15, -0.1) is 0 Å². The van der Waals surface area contributed by atoms with Crippen molar-refractivity contribution in [3.05, 3.63) is 32.6 Å². The molecule has 1 N–H and O–H groups in total. The number of nitrogens with one attached hydrogen (secondary N) is 1. The molecule has 1 saturated carbocycles. The minimum absolute atomic E-state index is 0.240.